The van der Waals surface area contributed by atoms with E-state index < -0.39 is 5.82 Å². The van der Waals surface area contributed by atoms with Gasteiger partial charge in [0.05, 0.1) is 12.2 Å². The Balaban J connectivity index is 1.54. The van der Waals surface area contributed by atoms with Gasteiger partial charge in [-0.05, 0) is 55.6 Å². The molecule has 2 atom stereocenters. The SMILES string of the molecule is O=[C]c1cc(C2CC2)c(OCC23CCCCC2C3)cc1F. The fraction of sp³-hybridized carbons (Fsp3) is 0.611. The summed E-state index contributed by atoms with van der Waals surface area (Å²) in [5, 5.41) is 0. The molecule has 0 bridgehead atoms. The van der Waals surface area contributed by atoms with Crippen molar-refractivity contribution in [3.05, 3.63) is 29.1 Å². The maximum Gasteiger partial charge on any atom is 0.236 e. The van der Waals surface area contributed by atoms with E-state index in [1.54, 1.807) is 12.4 Å². The van der Waals surface area contributed by atoms with E-state index in [1.807, 2.05) is 0 Å². The quantitative estimate of drug-likeness (QED) is 0.814. The first-order valence-electron chi connectivity index (χ1n) is 8.06. The van der Waals surface area contributed by atoms with Gasteiger partial charge in [0.1, 0.15) is 11.6 Å². The molecule has 21 heavy (non-hydrogen) atoms. The van der Waals surface area contributed by atoms with Crippen molar-refractivity contribution >= 4 is 6.29 Å². The second-order valence-electron chi connectivity index (χ2n) is 7.04. The van der Waals surface area contributed by atoms with Crippen molar-refractivity contribution in [3.63, 3.8) is 0 Å². The topological polar surface area (TPSA) is 26.3 Å². The van der Waals surface area contributed by atoms with Gasteiger partial charge in [0.2, 0.25) is 6.29 Å². The molecule has 1 radical (unpaired) electrons. The maximum absolute atomic E-state index is 13.8. The third-order valence-corrected chi connectivity index (χ3v) is 5.58. The van der Waals surface area contributed by atoms with Crippen LogP contribution in [0.15, 0.2) is 12.1 Å². The van der Waals surface area contributed by atoms with Crippen LogP contribution < -0.4 is 4.74 Å². The van der Waals surface area contributed by atoms with Gasteiger partial charge in [0, 0.05) is 11.5 Å². The number of hydrogen-bond donors (Lipinski definition) is 0. The lowest BCUT2D eigenvalue weighted by atomic mass is 9.89. The van der Waals surface area contributed by atoms with Crippen LogP contribution in [0.1, 0.15) is 62.0 Å². The number of ether oxygens (including phenoxy) is 1. The number of halogens is 1. The Hall–Kier alpha value is -1.38. The number of fused-ring (bicyclic) bond motifs is 1. The smallest absolute Gasteiger partial charge is 0.236 e. The summed E-state index contributed by atoms with van der Waals surface area (Å²) in [6, 6.07) is 3.03. The normalized spacial score (nSPS) is 30.6. The zero-order valence-electron chi connectivity index (χ0n) is 12.2. The highest BCUT2D eigenvalue weighted by Gasteiger charge is 2.55. The van der Waals surface area contributed by atoms with E-state index in [2.05, 4.69) is 0 Å². The second-order valence-corrected chi connectivity index (χ2v) is 7.04. The molecular formula is C18H20FO2. The van der Waals surface area contributed by atoms with Gasteiger partial charge in [-0.1, -0.05) is 12.8 Å². The summed E-state index contributed by atoms with van der Waals surface area (Å²) in [5.41, 5.74) is 1.40. The minimum atomic E-state index is -0.516. The Morgan fingerprint density at radius 1 is 1.29 bits per heavy atom. The number of hydrogen-bond acceptors (Lipinski definition) is 2. The van der Waals surface area contributed by atoms with Crippen molar-refractivity contribution in [2.75, 3.05) is 6.61 Å². The van der Waals surface area contributed by atoms with E-state index >= 15 is 0 Å². The van der Waals surface area contributed by atoms with Gasteiger partial charge < -0.3 is 4.74 Å². The molecule has 1 aromatic carbocycles. The van der Waals surface area contributed by atoms with Crippen molar-refractivity contribution in [2.24, 2.45) is 11.3 Å². The molecule has 0 spiro atoms. The average molecular weight is 287 g/mol. The van der Waals surface area contributed by atoms with Gasteiger partial charge in [0.25, 0.3) is 0 Å². The Morgan fingerprint density at radius 3 is 2.86 bits per heavy atom. The lowest BCUT2D eigenvalue weighted by Gasteiger charge is -2.23. The first-order chi connectivity index (χ1) is 10.2. The summed E-state index contributed by atoms with van der Waals surface area (Å²) in [6.07, 6.45) is 10.4. The zero-order chi connectivity index (χ0) is 14.4. The molecule has 0 amide bonds. The Kier molecular flexibility index (Phi) is 3.05. The molecule has 3 fully saturated rings. The number of rotatable bonds is 5. The van der Waals surface area contributed by atoms with Crippen molar-refractivity contribution in [1.29, 1.82) is 0 Å². The van der Waals surface area contributed by atoms with Crippen LogP contribution >= 0.6 is 0 Å². The van der Waals surface area contributed by atoms with E-state index in [0.29, 0.717) is 23.7 Å². The molecule has 1 aromatic rings. The molecule has 3 saturated carbocycles. The van der Waals surface area contributed by atoms with Crippen molar-refractivity contribution in [2.45, 2.75) is 50.9 Å². The molecule has 0 aliphatic heterocycles. The van der Waals surface area contributed by atoms with Crippen LogP contribution in [0.2, 0.25) is 0 Å². The molecule has 2 unspecified atom stereocenters. The lowest BCUT2D eigenvalue weighted by molar-refractivity contribution is 0.188. The highest BCUT2D eigenvalue weighted by Crippen LogP contribution is 2.61. The highest BCUT2D eigenvalue weighted by atomic mass is 19.1. The first kappa shape index (κ1) is 13.3. The predicted molar refractivity (Wildman–Crippen MR) is 77.7 cm³/mol. The Bertz CT molecular complexity index is 579. The summed E-state index contributed by atoms with van der Waals surface area (Å²) in [5.74, 6) is 1.40. The second kappa shape index (κ2) is 4.82. The van der Waals surface area contributed by atoms with E-state index in [9.17, 15) is 9.18 Å². The van der Waals surface area contributed by atoms with Crippen LogP contribution in [0.3, 0.4) is 0 Å². The van der Waals surface area contributed by atoms with Crippen molar-refractivity contribution in [3.8, 4) is 5.75 Å². The highest BCUT2D eigenvalue weighted by molar-refractivity contribution is 5.77. The zero-order valence-corrected chi connectivity index (χ0v) is 12.2. The molecular weight excluding hydrogens is 267 g/mol. The monoisotopic (exact) mass is 287 g/mol. The van der Waals surface area contributed by atoms with Crippen LogP contribution in [0.25, 0.3) is 0 Å². The van der Waals surface area contributed by atoms with Crippen LogP contribution in [-0.4, -0.2) is 12.9 Å². The lowest BCUT2D eigenvalue weighted by Crippen LogP contribution is -2.19. The largest absolute Gasteiger partial charge is 0.493 e. The predicted octanol–water partition coefficient (Wildman–Crippen LogP) is 4.12. The summed E-state index contributed by atoms with van der Waals surface area (Å²) < 4.78 is 19.9. The maximum atomic E-state index is 13.8. The van der Waals surface area contributed by atoms with Crippen LogP contribution in [-0.2, 0) is 4.79 Å². The summed E-state index contributed by atoms with van der Waals surface area (Å²) >= 11 is 0. The van der Waals surface area contributed by atoms with Crippen molar-refractivity contribution in [1.82, 2.24) is 0 Å². The standard InChI is InChI=1S/C18H20FO2/c19-16-8-17(15(12-4-5-12)7-13(16)10-20)21-11-18-6-2-1-3-14(18)9-18/h7-8,12,14H,1-6,9,11H2. The Labute approximate surface area is 124 Å². The van der Waals surface area contributed by atoms with E-state index in [4.69, 9.17) is 4.74 Å². The number of carbonyl (C=O) groups excluding carboxylic acids is 1. The molecule has 3 aliphatic carbocycles. The third-order valence-electron chi connectivity index (χ3n) is 5.58. The summed E-state index contributed by atoms with van der Waals surface area (Å²) in [6.45, 7) is 0.709. The average Bonchev–Trinajstić information content (AvgIpc) is 3.37. The van der Waals surface area contributed by atoms with Crippen molar-refractivity contribution < 1.29 is 13.9 Å². The molecule has 2 nitrogen and oxygen atoms in total. The molecule has 4 rings (SSSR count). The van der Waals surface area contributed by atoms with Gasteiger partial charge in [-0.2, -0.15) is 0 Å². The minimum Gasteiger partial charge on any atom is -0.493 e. The van der Waals surface area contributed by atoms with Crippen LogP contribution in [0, 0.1) is 17.2 Å². The van der Waals surface area contributed by atoms with E-state index in [0.717, 1.165) is 24.3 Å². The molecule has 3 aliphatic rings. The molecule has 0 aromatic heterocycles. The molecule has 0 N–H and O–H groups in total. The first-order valence-corrected chi connectivity index (χ1v) is 8.06. The molecule has 111 valence electrons. The van der Waals surface area contributed by atoms with Gasteiger partial charge in [-0.25, -0.2) is 4.39 Å². The fourth-order valence-electron chi connectivity index (χ4n) is 3.97. The van der Waals surface area contributed by atoms with E-state index in [-0.39, 0.29) is 5.56 Å². The van der Waals surface area contributed by atoms with Gasteiger partial charge in [-0.15, -0.1) is 0 Å². The van der Waals surface area contributed by atoms with Gasteiger partial charge in [0.15, 0.2) is 0 Å². The fourth-order valence-corrected chi connectivity index (χ4v) is 3.97. The van der Waals surface area contributed by atoms with E-state index in [1.165, 1.54) is 38.2 Å². The third kappa shape index (κ3) is 2.37. The molecule has 3 heteroatoms. The van der Waals surface area contributed by atoms with Gasteiger partial charge >= 0.3 is 0 Å². The summed E-state index contributed by atoms with van der Waals surface area (Å²) in [7, 11) is 0. The van der Waals surface area contributed by atoms with Crippen LogP contribution in [0.5, 0.6) is 5.75 Å². The van der Waals surface area contributed by atoms with Crippen LogP contribution in [0.4, 0.5) is 4.39 Å². The van der Waals surface area contributed by atoms with Gasteiger partial charge in [-0.3, -0.25) is 4.79 Å². The minimum absolute atomic E-state index is 0.0318. The number of benzene rings is 1. The Morgan fingerprint density at radius 2 is 2.14 bits per heavy atom. The molecule has 0 saturated heterocycles. The molecule has 0 heterocycles. The summed E-state index contributed by atoms with van der Waals surface area (Å²) in [4.78, 5) is 10.8.